The van der Waals surface area contributed by atoms with E-state index in [4.69, 9.17) is 16.3 Å². The standard InChI is InChI=1S/C19H19ClN2O3/c1-3-22-15-6-4-5-7-16(15)25-19(2,18(22)24)17(23)21-12-13-8-10-14(20)11-9-13/h4-11H,3,12H2,1-2H3,(H,21,23). The number of nitrogens with zero attached hydrogens (tertiary/aromatic N) is 1. The highest BCUT2D eigenvalue weighted by Crippen LogP contribution is 2.37. The fraction of sp³-hybridized carbons (Fsp3) is 0.263. The van der Waals surface area contributed by atoms with Gasteiger partial charge in [0.15, 0.2) is 0 Å². The SMILES string of the molecule is CCN1C(=O)C(C)(C(=O)NCc2ccc(Cl)cc2)Oc2ccccc21. The number of anilines is 1. The lowest BCUT2D eigenvalue weighted by Crippen LogP contribution is -2.62. The summed E-state index contributed by atoms with van der Waals surface area (Å²) < 4.78 is 5.81. The third-order valence-corrected chi connectivity index (χ3v) is 4.49. The molecule has 1 aliphatic heterocycles. The molecule has 0 aromatic heterocycles. The van der Waals surface area contributed by atoms with Crippen molar-refractivity contribution in [1.82, 2.24) is 5.32 Å². The first-order valence-corrected chi connectivity index (χ1v) is 8.46. The maximum atomic E-state index is 12.9. The number of carbonyl (C=O) groups is 2. The molecule has 0 saturated heterocycles. The zero-order chi connectivity index (χ0) is 18.0. The van der Waals surface area contributed by atoms with Gasteiger partial charge in [0.2, 0.25) is 0 Å². The summed E-state index contributed by atoms with van der Waals surface area (Å²) in [6, 6.07) is 14.4. The van der Waals surface area contributed by atoms with E-state index in [2.05, 4.69) is 5.32 Å². The number of hydrogen-bond acceptors (Lipinski definition) is 3. The zero-order valence-corrected chi connectivity index (χ0v) is 14.8. The Labute approximate surface area is 151 Å². The Morgan fingerprint density at radius 1 is 1.20 bits per heavy atom. The molecule has 0 saturated carbocycles. The molecule has 1 aliphatic rings. The van der Waals surface area contributed by atoms with Gasteiger partial charge in [0.1, 0.15) is 5.75 Å². The summed E-state index contributed by atoms with van der Waals surface area (Å²) in [4.78, 5) is 27.2. The Morgan fingerprint density at radius 2 is 1.88 bits per heavy atom. The van der Waals surface area contributed by atoms with Crippen molar-refractivity contribution in [2.45, 2.75) is 26.0 Å². The number of para-hydroxylation sites is 2. The Hall–Kier alpha value is -2.53. The largest absolute Gasteiger partial charge is 0.466 e. The Balaban J connectivity index is 1.81. The molecule has 3 rings (SSSR count). The molecule has 2 amide bonds. The van der Waals surface area contributed by atoms with E-state index in [0.29, 0.717) is 23.0 Å². The van der Waals surface area contributed by atoms with Crippen LogP contribution < -0.4 is 15.0 Å². The van der Waals surface area contributed by atoms with Crippen molar-refractivity contribution in [2.75, 3.05) is 11.4 Å². The van der Waals surface area contributed by atoms with Crippen LogP contribution in [0.4, 0.5) is 5.69 Å². The molecule has 6 heteroatoms. The molecule has 130 valence electrons. The Kier molecular flexibility index (Phi) is 4.68. The van der Waals surface area contributed by atoms with Gasteiger partial charge in [-0.05, 0) is 43.7 Å². The first-order valence-electron chi connectivity index (χ1n) is 8.08. The fourth-order valence-electron chi connectivity index (χ4n) is 2.81. The number of carbonyl (C=O) groups excluding carboxylic acids is 2. The van der Waals surface area contributed by atoms with Crippen molar-refractivity contribution in [2.24, 2.45) is 0 Å². The van der Waals surface area contributed by atoms with Gasteiger partial charge < -0.3 is 15.0 Å². The quantitative estimate of drug-likeness (QED) is 0.854. The first kappa shape index (κ1) is 17.3. The minimum Gasteiger partial charge on any atom is -0.466 e. The molecule has 0 aliphatic carbocycles. The van der Waals surface area contributed by atoms with Crippen molar-refractivity contribution in [3.63, 3.8) is 0 Å². The van der Waals surface area contributed by atoms with Gasteiger partial charge in [-0.3, -0.25) is 9.59 Å². The molecular weight excluding hydrogens is 340 g/mol. The summed E-state index contributed by atoms with van der Waals surface area (Å²) in [6.45, 7) is 4.12. The van der Waals surface area contributed by atoms with Crippen molar-refractivity contribution in [1.29, 1.82) is 0 Å². The maximum absolute atomic E-state index is 12.9. The number of likely N-dealkylation sites (N-methyl/N-ethyl adjacent to an activating group) is 1. The summed E-state index contributed by atoms with van der Waals surface area (Å²) in [6.07, 6.45) is 0. The smallest absolute Gasteiger partial charge is 0.280 e. The van der Waals surface area contributed by atoms with Gasteiger partial charge in [0.05, 0.1) is 5.69 Å². The lowest BCUT2D eigenvalue weighted by atomic mass is 9.99. The number of ether oxygens (including phenoxy) is 1. The zero-order valence-electron chi connectivity index (χ0n) is 14.1. The monoisotopic (exact) mass is 358 g/mol. The summed E-state index contributed by atoms with van der Waals surface area (Å²) in [5, 5.41) is 3.41. The number of rotatable bonds is 4. The average molecular weight is 359 g/mol. The van der Waals surface area contributed by atoms with Gasteiger partial charge in [-0.25, -0.2) is 0 Å². The Morgan fingerprint density at radius 3 is 2.56 bits per heavy atom. The van der Waals surface area contributed by atoms with Gasteiger partial charge >= 0.3 is 0 Å². The van der Waals surface area contributed by atoms with E-state index in [-0.39, 0.29) is 12.5 Å². The van der Waals surface area contributed by atoms with Gasteiger partial charge in [-0.15, -0.1) is 0 Å². The van der Waals surface area contributed by atoms with Crippen LogP contribution in [0.5, 0.6) is 5.75 Å². The van der Waals surface area contributed by atoms with Crippen LogP contribution in [0.2, 0.25) is 5.02 Å². The average Bonchev–Trinajstić information content (AvgIpc) is 2.62. The van der Waals surface area contributed by atoms with E-state index in [1.165, 1.54) is 6.92 Å². The van der Waals surface area contributed by atoms with E-state index in [1.807, 2.05) is 37.3 Å². The van der Waals surface area contributed by atoms with Crippen LogP contribution in [0.3, 0.4) is 0 Å². The number of halogens is 1. The molecule has 1 N–H and O–H groups in total. The number of hydrogen-bond donors (Lipinski definition) is 1. The van der Waals surface area contributed by atoms with Crippen molar-refractivity contribution in [3.8, 4) is 5.75 Å². The van der Waals surface area contributed by atoms with Crippen LogP contribution >= 0.6 is 11.6 Å². The van der Waals surface area contributed by atoms with E-state index >= 15 is 0 Å². The Bertz CT molecular complexity index is 807. The van der Waals surface area contributed by atoms with Gasteiger partial charge in [-0.2, -0.15) is 0 Å². The topological polar surface area (TPSA) is 58.6 Å². The number of amides is 2. The maximum Gasteiger partial charge on any atom is 0.280 e. The number of benzene rings is 2. The summed E-state index contributed by atoms with van der Waals surface area (Å²) in [7, 11) is 0. The molecular formula is C19H19ClN2O3. The van der Waals surface area contributed by atoms with Crippen LogP contribution in [0, 0.1) is 0 Å². The van der Waals surface area contributed by atoms with Gasteiger partial charge in [0.25, 0.3) is 17.4 Å². The fourth-order valence-corrected chi connectivity index (χ4v) is 2.93. The van der Waals surface area contributed by atoms with Gasteiger partial charge in [-0.1, -0.05) is 35.9 Å². The van der Waals surface area contributed by atoms with E-state index in [1.54, 1.807) is 23.1 Å². The van der Waals surface area contributed by atoms with Crippen LogP contribution in [0.15, 0.2) is 48.5 Å². The highest BCUT2D eigenvalue weighted by Gasteiger charge is 2.50. The molecule has 0 fully saturated rings. The summed E-state index contributed by atoms with van der Waals surface area (Å²) in [5.74, 6) is -0.323. The second-order valence-corrected chi connectivity index (χ2v) is 6.40. The molecule has 1 unspecified atom stereocenters. The van der Waals surface area contributed by atoms with E-state index < -0.39 is 11.5 Å². The van der Waals surface area contributed by atoms with Crippen LogP contribution in [-0.2, 0) is 16.1 Å². The highest BCUT2D eigenvalue weighted by molar-refractivity contribution is 6.30. The molecule has 0 radical (unpaired) electrons. The minimum atomic E-state index is -1.60. The predicted molar refractivity (Wildman–Crippen MR) is 96.8 cm³/mol. The van der Waals surface area contributed by atoms with Crippen LogP contribution in [0.1, 0.15) is 19.4 Å². The number of nitrogens with one attached hydrogen (secondary N) is 1. The first-order chi connectivity index (χ1) is 12.0. The molecule has 0 bridgehead atoms. The van der Waals surface area contributed by atoms with E-state index in [0.717, 1.165) is 5.56 Å². The molecule has 5 nitrogen and oxygen atoms in total. The second kappa shape index (κ2) is 6.76. The number of fused-ring (bicyclic) bond motifs is 1. The van der Waals surface area contributed by atoms with Crippen LogP contribution in [0.25, 0.3) is 0 Å². The van der Waals surface area contributed by atoms with Crippen molar-refractivity contribution >= 4 is 29.1 Å². The molecule has 25 heavy (non-hydrogen) atoms. The molecule has 1 heterocycles. The molecule has 2 aromatic carbocycles. The summed E-state index contributed by atoms with van der Waals surface area (Å²) in [5.41, 5.74) is -0.0353. The predicted octanol–water partition coefficient (Wildman–Crippen LogP) is 3.16. The third kappa shape index (κ3) is 3.20. The minimum absolute atomic E-state index is 0.288. The third-order valence-electron chi connectivity index (χ3n) is 4.24. The molecule has 2 aromatic rings. The van der Waals surface area contributed by atoms with Crippen molar-refractivity contribution in [3.05, 3.63) is 59.1 Å². The lowest BCUT2D eigenvalue weighted by molar-refractivity contribution is -0.148. The van der Waals surface area contributed by atoms with Crippen molar-refractivity contribution < 1.29 is 14.3 Å². The molecule has 0 spiro atoms. The second-order valence-electron chi connectivity index (χ2n) is 5.96. The summed E-state index contributed by atoms with van der Waals surface area (Å²) >= 11 is 5.86. The van der Waals surface area contributed by atoms with Crippen LogP contribution in [-0.4, -0.2) is 24.0 Å². The lowest BCUT2D eigenvalue weighted by Gasteiger charge is -2.39. The molecule has 1 atom stereocenters. The van der Waals surface area contributed by atoms with Gasteiger partial charge in [0, 0.05) is 18.1 Å². The highest BCUT2D eigenvalue weighted by atomic mass is 35.5. The normalized spacial score (nSPS) is 19.2. The van der Waals surface area contributed by atoms with E-state index in [9.17, 15) is 9.59 Å².